The number of rotatable bonds is 8. The molecule has 1 aliphatic rings. The Hall–Kier alpha value is -3.38. The predicted octanol–water partition coefficient (Wildman–Crippen LogP) is 5.05. The number of benzene rings is 2. The topological polar surface area (TPSA) is 102 Å². The number of pyridine rings is 1. The Morgan fingerprint density at radius 2 is 1.85 bits per heavy atom. The van der Waals surface area contributed by atoms with E-state index in [1.807, 2.05) is 37.3 Å². The van der Waals surface area contributed by atoms with Crippen LogP contribution < -0.4 is 19.9 Å². The first-order valence-electron chi connectivity index (χ1n) is 10.6. The lowest BCUT2D eigenvalue weighted by Gasteiger charge is -2.25. The van der Waals surface area contributed by atoms with Crippen LogP contribution in [-0.2, 0) is 15.5 Å². The Labute approximate surface area is 193 Å². The number of aromatic nitrogens is 1. The number of nitrogens with one attached hydrogen (secondary N) is 2. The summed E-state index contributed by atoms with van der Waals surface area (Å²) in [5.41, 5.74) is 2.87. The monoisotopic (exact) mass is 469 g/mol. The highest BCUT2D eigenvalue weighted by Gasteiger charge is 2.40. The number of hydrogen-bond acceptors (Lipinski definition) is 7. The third-order valence-corrected chi connectivity index (χ3v) is 8.27. The zero-order valence-electron chi connectivity index (χ0n) is 19.1. The van der Waals surface area contributed by atoms with Crippen molar-refractivity contribution in [1.29, 1.82) is 0 Å². The number of ether oxygens (including phenoxy) is 2. The van der Waals surface area contributed by atoms with Crippen LogP contribution in [0.5, 0.6) is 17.2 Å². The van der Waals surface area contributed by atoms with Crippen molar-refractivity contribution >= 4 is 24.1 Å². The molecule has 2 heterocycles. The number of aromatic hydroxyl groups is 1. The third kappa shape index (κ3) is 4.71. The summed E-state index contributed by atoms with van der Waals surface area (Å²) in [6, 6.07) is 13.3. The van der Waals surface area contributed by atoms with Crippen LogP contribution in [-0.4, -0.2) is 36.5 Å². The summed E-state index contributed by atoms with van der Waals surface area (Å²) in [6.45, 7) is 4.02. The maximum absolute atomic E-state index is 13.8. The van der Waals surface area contributed by atoms with E-state index in [2.05, 4.69) is 15.4 Å². The molecule has 1 aliphatic heterocycles. The van der Waals surface area contributed by atoms with Crippen molar-refractivity contribution in [3.63, 3.8) is 0 Å². The van der Waals surface area contributed by atoms with Gasteiger partial charge in [-0.05, 0) is 50.1 Å². The molecule has 0 saturated heterocycles. The molecular weight excluding hydrogens is 441 g/mol. The minimum atomic E-state index is -3.25. The summed E-state index contributed by atoms with van der Waals surface area (Å²) >= 11 is 0. The molecule has 2 aromatic carbocycles. The van der Waals surface area contributed by atoms with Crippen molar-refractivity contribution in [2.24, 2.45) is 0 Å². The van der Waals surface area contributed by atoms with Gasteiger partial charge in [-0.25, -0.2) is 0 Å². The van der Waals surface area contributed by atoms with E-state index in [-0.39, 0.29) is 5.75 Å². The molecule has 9 heteroatoms. The lowest BCUT2D eigenvalue weighted by atomic mass is 10.1. The maximum Gasteiger partial charge on any atom is 0.345 e. The van der Waals surface area contributed by atoms with E-state index in [9.17, 15) is 9.67 Å². The summed E-state index contributed by atoms with van der Waals surface area (Å²) in [6.07, 6.45) is 2.16. The molecule has 0 amide bonds. The van der Waals surface area contributed by atoms with Gasteiger partial charge < -0.3 is 29.5 Å². The van der Waals surface area contributed by atoms with Gasteiger partial charge in [-0.1, -0.05) is 18.2 Å². The van der Waals surface area contributed by atoms with Crippen LogP contribution in [0.3, 0.4) is 0 Å². The standard InChI is InChI=1S/C24H28N3O5P/c1-15-16(2)32-33(29,27-15)20(9-17-10-22(30-3)24(28)23(11-17)31-4)14-25-19-12-18-7-5-6-8-21(18)26-13-19/h5-8,10-13,20,25,28H,9,14H2,1-4H3,(H,27,29). The van der Waals surface area contributed by atoms with Gasteiger partial charge in [0.15, 0.2) is 11.5 Å². The number of anilines is 1. The molecule has 0 bridgehead atoms. The molecule has 2 atom stereocenters. The van der Waals surface area contributed by atoms with E-state index in [1.54, 1.807) is 25.3 Å². The number of hydrogen-bond donors (Lipinski definition) is 3. The van der Waals surface area contributed by atoms with Gasteiger partial charge in [0.05, 0.1) is 43.0 Å². The van der Waals surface area contributed by atoms with E-state index < -0.39 is 13.2 Å². The number of phenols is 1. The molecule has 174 valence electrons. The van der Waals surface area contributed by atoms with Crippen LogP contribution in [0.25, 0.3) is 10.9 Å². The first-order valence-corrected chi connectivity index (χ1v) is 12.3. The van der Waals surface area contributed by atoms with Gasteiger partial charge in [-0.3, -0.25) is 9.55 Å². The third-order valence-electron chi connectivity index (χ3n) is 5.75. The first kappa shape index (κ1) is 22.8. The Morgan fingerprint density at radius 1 is 1.15 bits per heavy atom. The van der Waals surface area contributed by atoms with Gasteiger partial charge in [0, 0.05) is 11.9 Å². The molecule has 3 aromatic rings. The molecule has 0 spiro atoms. The molecule has 1 aromatic heterocycles. The number of nitrogens with zero attached hydrogens (tertiary/aromatic N) is 1. The fourth-order valence-electron chi connectivity index (χ4n) is 3.83. The summed E-state index contributed by atoms with van der Waals surface area (Å²) < 4.78 is 30.2. The van der Waals surface area contributed by atoms with Crippen LogP contribution in [0.2, 0.25) is 0 Å². The number of fused-ring (bicyclic) bond motifs is 1. The Bertz CT molecular complexity index is 1220. The minimum absolute atomic E-state index is 0.0732. The molecule has 0 radical (unpaired) electrons. The van der Waals surface area contributed by atoms with Crippen molar-refractivity contribution in [2.45, 2.75) is 25.9 Å². The fourth-order valence-corrected chi connectivity index (χ4v) is 6.16. The average molecular weight is 469 g/mol. The summed E-state index contributed by atoms with van der Waals surface area (Å²) in [5, 5.41) is 17.7. The summed E-state index contributed by atoms with van der Waals surface area (Å²) in [7, 11) is -0.300. The molecule has 33 heavy (non-hydrogen) atoms. The van der Waals surface area contributed by atoms with Crippen LogP contribution in [0.15, 0.2) is 60.1 Å². The summed E-state index contributed by atoms with van der Waals surface area (Å²) in [4.78, 5) is 4.49. The van der Waals surface area contributed by atoms with E-state index in [1.165, 1.54) is 14.2 Å². The normalized spacial score (nSPS) is 18.5. The van der Waals surface area contributed by atoms with Crippen molar-refractivity contribution in [1.82, 2.24) is 10.1 Å². The molecule has 0 saturated carbocycles. The lowest BCUT2D eigenvalue weighted by molar-refractivity contribution is 0.339. The van der Waals surface area contributed by atoms with Crippen molar-refractivity contribution < 1.29 is 23.7 Å². The smallest absolute Gasteiger partial charge is 0.345 e. The van der Waals surface area contributed by atoms with E-state index in [4.69, 9.17) is 14.0 Å². The zero-order chi connectivity index (χ0) is 23.6. The van der Waals surface area contributed by atoms with Gasteiger partial charge in [0.25, 0.3) is 0 Å². The van der Waals surface area contributed by atoms with Gasteiger partial charge in [0.1, 0.15) is 5.76 Å². The van der Waals surface area contributed by atoms with Gasteiger partial charge in [-0.2, -0.15) is 0 Å². The zero-order valence-corrected chi connectivity index (χ0v) is 20.0. The van der Waals surface area contributed by atoms with Crippen LogP contribution in [0, 0.1) is 0 Å². The fraction of sp³-hybridized carbons (Fsp3) is 0.292. The second-order valence-electron chi connectivity index (χ2n) is 7.99. The van der Waals surface area contributed by atoms with Gasteiger partial charge in [-0.15, -0.1) is 0 Å². The molecule has 3 N–H and O–H groups in total. The molecule has 4 rings (SSSR count). The van der Waals surface area contributed by atoms with E-state index in [0.29, 0.717) is 30.2 Å². The lowest BCUT2D eigenvalue weighted by Crippen LogP contribution is -2.27. The van der Waals surface area contributed by atoms with E-state index in [0.717, 1.165) is 27.9 Å². The average Bonchev–Trinajstić information content (AvgIpc) is 3.09. The quantitative estimate of drug-likeness (QED) is 0.394. The number of para-hydroxylation sites is 1. The summed E-state index contributed by atoms with van der Waals surface area (Å²) in [5.74, 6) is 1.13. The Morgan fingerprint density at radius 3 is 2.48 bits per heavy atom. The first-order chi connectivity index (χ1) is 15.8. The number of allylic oxidation sites excluding steroid dienone is 2. The SMILES string of the molecule is COc1cc(CC(CNc2cnc3ccccc3c2)P2(=O)NC(C)=C(C)O2)cc(OC)c1O. The van der Waals surface area contributed by atoms with Crippen LogP contribution in [0.4, 0.5) is 5.69 Å². The van der Waals surface area contributed by atoms with Gasteiger partial charge in [0.2, 0.25) is 5.75 Å². The van der Waals surface area contributed by atoms with E-state index >= 15 is 0 Å². The highest BCUT2D eigenvalue weighted by Crippen LogP contribution is 2.56. The molecular formula is C24H28N3O5P. The molecule has 2 unspecified atom stereocenters. The van der Waals surface area contributed by atoms with Crippen molar-refractivity contribution in [3.05, 3.63) is 65.7 Å². The highest BCUT2D eigenvalue weighted by atomic mass is 31.2. The second-order valence-corrected chi connectivity index (χ2v) is 10.3. The minimum Gasteiger partial charge on any atom is -0.502 e. The van der Waals surface area contributed by atoms with Crippen molar-refractivity contribution in [3.8, 4) is 17.2 Å². The molecule has 0 aliphatic carbocycles. The number of phenolic OH excluding ortho intramolecular Hbond substituents is 1. The predicted molar refractivity (Wildman–Crippen MR) is 129 cm³/mol. The van der Waals surface area contributed by atoms with Crippen molar-refractivity contribution in [2.75, 3.05) is 26.1 Å². The largest absolute Gasteiger partial charge is 0.502 e. The van der Waals surface area contributed by atoms with Gasteiger partial charge >= 0.3 is 7.52 Å². The Balaban J connectivity index is 1.62. The van der Waals surface area contributed by atoms with Crippen LogP contribution in [0.1, 0.15) is 19.4 Å². The number of methoxy groups -OCH3 is 2. The highest BCUT2D eigenvalue weighted by molar-refractivity contribution is 7.58. The maximum atomic E-state index is 13.8. The van der Waals surface area contributed by atoms with Crippen LogP contribution >= 0.6 is 7.52 Å². The Kier molecular flexibility index (Phi) is 6.38. The second kappa shape index (κ2) is 9.24. The molecule has 8 nitrogen and oxygen atoms in total. The molecule has 0 fully saturated rings.